The van der Waals surface area contributed by atoms with Crippen molar-refractivity contribution < 1.29 is 0 Å². The molecule has 1 heterocycles. The molecule has 0 saturated heterocycles. The molecule has 0 atom stereocenters. The molecule has 0 aliphatic rings. The Morgan fingerprint density at radius 1 is 1.60 bits per heavy atom. The van der Waals surface area contributed by atoms with E-state index < -0.39 is 0 Å². The van der Waals surface area contributed by atoms with Crippen molar-refractivity contribution in [1.29, 1.82) is 0 Å². The SMILES string of the molecule is C=C(C)CNCc1c(Cl)c(CC)nn1C. The van der Waals surface area contributed by atoms with Crippen molar-refractivity contribution in [3.63, 3.8) is 0 Å². The van der Waals surface area contributed by atoms with Crippen molar-refractivity contribution in [2.45, 2.75) is 26.8 Å². The summed E-state index contributed by atoms with van der Waals surface area (Å²) in [5.41, 5.74) is 3.12. The van der Waals surface area contributed by atoms with E-state index >= 15 is 0 Å². The molecule has 0 spiro atoms. The molecule has 0 aliphatic heterocycles. The highest BCUT2D eigenvalue weighted by Gasteiger charge is 2.11. The van der Waals surface area contributed by atoms with E-state index in [0.717, 1.165) is 41.5 Å². The van der Waals surface area contributed by atoms with Gasteiger partial charge in [-0.15, -0.1) is 0 Å². The topological polar surface area (TPSA) is 29.9 Å². The second-order valence-electron chi connectivity index (χ2n) is 3.75. The molecule has 0 bridgehead atoms. The van der Waals surface area contributed by atoms with Gasteiger partial charge in [0, 0.05) is 20.1 Å². The minimum atomic E-state index is 0.731. The van der Waals surface area contributed by atoms with Crippen LogP contribution in [0, 0.1) is 0 Å². The number of nitrogens with zero attached hydrogens (tertiary/aromatic N) is 2. The summed E-state index contributed by atoms with van der Waals surface area (Å²) < 4.78 is 1.84. The van der Waals surface area contributed by atoms with E-state index in [9.17, 15) is 0 Å². The normalized spacial score (nSPS) is 10.7. The van der Waals surface area contributed by atoms with E-state index in [1.807, 2.05) is 18.7 Å². The van der Waals surface area contributed by atoms with Crippen molar-refractivity contribution in [1.82, 2.24) is 15.1 Å². The van der Waals surface area contributed by atoms with Crippen molar-refractivity contribution in [3.05, 3.63) is 28.6 Å². The third kappa shape index (κ3) is 3.08. The zero-order valence-electron chi connectivity index (χ0n) is 9.60. The van der Waals surface area contributed by atoms with Crippen molar-refractivity contribution in [2.75, 3.05) is 6.54 Å². The average Bonchev–Trinajstić information content (AvgIpc) is 2.44. The molecule has 0 aliphatic carbocycles. The first kappa shape index (κ1) is 12.3. The lowest BCUT2D eigenvalue weighted by molar-refractivity contribution is 0.644. The standard InChI is InChI=1S/C11H18ClN3/c1-5-9-11(12)10(15(4)14-9)7-13-6-8(2)3/h13H,2,5-7H2,1,3-4H3. The van der Waals surface area contributed by atoms with Crippen LogP contribution in [0.2, 0.25) is 5.02 Å². The Balaban J connectivity index is 2.68. The molecule has 1 N–H and O–H groups in total. The molecule has 15 heavy (non-hydrogen) atoms. The molecule has 1 rings (SSSR count). The minimum absolute atomic E-state index is 0.731. The van der Waals surface area contributed by atoms with Crippen LogP contribution in [-0.2, 0) is 20.0 Å². The van der Waals surface area contributed by atoms with Gasteiger partial charge in [0.25, 0.3) is 0 Å². The molecule has 1 aromatic rings. The highest BCUT2D eigenvalue weighted by molar-refractivity contribution is 6.31. The summed E-state index contributed by atoms with van der Waals surface area (Å²) in [7, 11) is 1.92. The van der Waals surface area contributed by atoms with Gasteiger partial charge in [0.2, 0.25) is 0 Å². The highest BCUT2D eigenvalue weighted by Crippen LogP contribution is 2.20. The van der Waals surface area contributed by atoms with Crippen molar-refractivity contribution in [2.24, 2.45) is 7.05 Å². The maximum atomic E-state index is 6.20. The van der Waals surface area contributed by atoms with E-state index in [4.69, 9.17) is 11.6 Å². The van der Waals surface area contributed by atoms with E-state index in [-0.39, 0.29) is 0 Å². The van der Waals surface area contributed by atoms with Crippen LogP contribution in [-0.4, -0.2) is 16.3 Å². The van der Waals surface area contributed by atoms with E-state index in [0.29, 0.717) is 0 Å². The highest BCUT2D eigenvalue weighted by atomic mass is 35.5. The molecule has 0 unspecified atom stereocenters. The number of hydrogen-bond acceptors (Lipinski definition) is 2. The van der Waals surface area contributed by atoms with Crippen LogP contribution in [0.25, 0.3) is 0 Å². The van der Waals surface area contributed by atoms with E-state index in [1.165, 1.54) is 0 Å². The molecule has 1 aromatic heterocycles. The van der Waals surface area contributed by atoms with Gasteiger partial charge in [0.15, 0.2) is 0 Å². The lowest BCUT2D eigenvalue weighted by Gasteiger charge is -2.05. The van der Waals surface area contributed by atoms with Crippen molar-refractivity contribution >= 4 is 11.6 Å². The minimum Gasteiger partial charge on any atom is -0.307 e. The lowest BCUT2D eigenvalue weighted by atomic mass is 10.3. The number of aromatic nitrogens is 2. The second kappa shape index (κ2) is 5.33. The van der Waals surface area contributed by atoms with Gasteiger partial charge in [-0.1, -0.05) is 30.7 Å². The number of rotatable bonds is 5. The predicted octanol–water partition coefficient (Wildman–Crippen LogP) is 2.30. The Morgan fingerprint density at radius 3 is 2.73 bits per heavy atom. The molecule has 0 saturated carbocycles. The number of nitrogens with one attached hydrogen (secondary N) is 1. The maximum absolute atomic E-state index is 6.20. The van der Waals surface area contributed by atoms with Gasteiger partial charge in [-0.2, -0.15) is 5.10 Å². The quantitative estimate of drug-likeness (QED) is 0.783. The molecule has 0 fully saturated rings. The number of aryl methyl sites for hydroxylation is 2. The lowest BCUT2D eigenvalue weighted by Crippen LogP contribution is -2.17. The first-order valence-electron chi connectivity index (χ1n) is 5.11. The van der Waals surface area contributed by atoms with Crippen LogP contribution < -0.4 is 5.32 Å². The van der Waals surface area contributed by atoms with Crippen molar-refractivity contribution in [3.8, 4) is 0 Å². The fourth-order valence-electron chi connectivity index (χ4n) is 1.41. The summed E-state index contributed by atoms with van der Waals surface area (Å²) in [6.45, 7) is 9.42. The Morgan fingerprint density at radius 2 is 2.27 bits per heavy atom. The second-order valence-corrected chi connectivity index (χ2v) is 4.12. The Labute approximate surface area is 96.1 Å². The molecule has 0 amide bonds. The first-order chi connectivity index (χ1) is 7.06. The summed E-state index contributed by atoms with van der Waals surface area (Å²) >= 11 is 6.20. The Kier molecular flexibility index (Phi) is 4.36. The monoisotopic (exact) mass is 227 g/mol. The van der Waals surface area contributed by atoms with Gasteiger partial charge >= 0.3 is 0 Å². The van der Waals surface area contributed by atoms with E-state index in [1.54, 1.807) is 0 Å². The summed E-state index contributed by atoms with van der Waals surface area (Å²) in [5.74, 6) is 0. The smallest absolute Gasteiger partial charge is 0.0863 e. The molecule has 84 valence electrons. The Bertz CT molecular complexity index is 355. The van der Waals surface area contributed by atoms with Crippen LogP contribution in [0.3, 0.4) is 0 Å². The molecule has 0 aromatic carbocycles. The predicted molar refractivity (Wildman–Crippen MR) is 64.1 cm³/mol. The molecular weight excluding hydrogens is 210 g/mol. The zero-order chi connectivity index (χ0) is 11.4. The average molecular weight is 228 g/mol. The third-order valence-electron chi connectivity index (χ3n) is 2.22. The summed E-state index contributed by atoms with van der Waals surface area (Å²) in [6.07, 6.45) is 0.868. The zero-order valence-corrected chi connectivity index (χ0v) is 10.4. The maximum Gasteiger partial charge on any atom is 0.0863 e. The largest absolute Gasteiger partial charge is 0.307 e. The third-order valence-corrected chi connectivity index (χ3v) is 2.66. The van der Waals surface area contributed by atoms with Crippen LogP contribution >= 0.6 is 11.6 Å². The first-order valence-corrected chi connectivity index (χ1v) is 5.49. The summed E-state index contributed by atoms with van der Waals surface area (Å²) in [5, 5.41) is 8.41. The fourth-order valence-corrected chi connectivity index (χ4v) is 1.77. The van der Waals surface area contributed by atoms with Gasteiger partial charge in [0.1, 0.15) is 0 Å². The van der Waals surface area contributed by atoms with Gasteiger partial charge in [-0.05, 0) is 13.3 Å². The van der Waals surface area contributed by atoms with Crippen LogP contribution in [0.15, 0.2) is 12.2 Å². The molecule has 3 nitrogen and oxygen atoms in total. The fraction of sp³-hybridized carbons (Fsp3) is 0.545. The number of halogens is 1. The van der Waals surface area contributed by atoms with Crippen LogP contribution in [0.1, 0.15) is 25.2 Å². The Hall–Kier alpha value is -0.800. The van der Waals surface area contributed by atoms with Gasteiger partial charge in [0.05, 0.1) is 16.4 Å². The van der Waals surface area contributed by atoms with Crippen LogP contribution in [0.4, 0.5) is 0 Å². The molecule has 4 heteroatoms. The van der Waals surface area contributed by atoms with Crippen LogP contribution in [0.5, 0.6) is 0 Å². The summed E-state index contributed by atoms with van der Waals surface area (Å²) in [6, 6.07) is 0. The molecular formula is C11H18ClN3. The van der Waals surface area contributed by atoms with Gasteiger partial charge < -0.3 is 5.32 Å². The van der Waals surface area contributed by atoms with Gasteiger partial charge in [-0.25, -0.2) is 0 Å². The van der Waals surface area contributed by atoms with E-state index in [2.05, 4.69) is 23.9 Å². The van der Waals surface area contributed by atoms with Gasteiger partial charge in [-0.3, -0.25) is 4.68 Å². The molecule has 0 radical (unpaired) electrons. The number of hydrogen-bond donors (Lipinski definition) is 1. The summed E-state index contributed by atoms with van der Waals surface area (Å²) in [4.78, 5) is 0.